The largest absolute Gasteiger partial charge is 0.465 e. The van der Waals surface area contributed by atoms with Crippen molar-refractivity contribution < 1.29 is 32.2 Å². The minimum Gasteiger partial charge on any atom is -0.465 e. The number of nitrogens with zero attached hydrogens (tertiary/aromatic N) is 2. The van der Waals surface area contributed by atoms with Gasteiger partial charge in [0.05, 0.1) is 18.1 Å². The highest BCUT2D eigenvalue weighted by Gasteiger charge is 2.33. The molecule has 5 rings (SSSR count). The van der Waals surface area contributed by atoms with Crippen LogP contribution in [0.2, 0.25) is 0 Å². The van der Waals surface area contributed by atoms with Crippen molar-refractivity contribution in [2.75, 3.05) is 25.8 Å². The number of aromatic nitrogens is 2. The number of benzene rings is 2. The topological polar surface area (TPSA) is 82.6 Å². The predicted molar refractivity (Wildman–Crippen MR) is 124 cm³/mol. The van der Waals surface area contributed by atoms with E-state index in [0.29, 0.717) is 58.1 Å². The normalized spacial score (nSPS) is 12.7. The number of esters is 1. The maximum atomic E-state index is 13.4. The van der Waals surface area contributed by atoms with Crippen molar-refractivity contribution in [1.29, 1.82) is 0 Å². The summed E-state index contributed by atoms with van der Waals surface area (Å²) < 4.78 is 55.6. The lowest BCUT2D eigenvalue weighted by molar-refractivity contribution is -0.134. The van der Waals surface area contributed by atoms with Gasteiger partial charge in [0.15, 0.2) is 17.3 Å². The molecule has 0 saturated carbocycles. The average Bonchev–Trinajstić information content (AvgIpc) is 3.50. The molecule has 0 spiro atoms. The average molecular weight is 501 g/mol. The van der Waals surface area contributed by atoms with E-state index in [1.807, 2.05) is 18.2 Å². The number of carbonyl (C=O) groups is 1. The summed E-state index contributed by atoms with van der Waals surface area (Å²) in [6.07, 6.45) is -3.90. The molecule has 0 unspecified atom stereocenters. The molecule has 0 bridgehead atoms. The lowest BCUT2D eigenvalue weighted by Gasteiger charge is -2.10. The zero-order valence-corrected chi connectivity index (χ0v) is 19.1. The van der Waals surface area contributed by atoms with Crippen molar-refractivity contribution >= 4 is 33.3 Å². The fraction of sp³-hybridized carbons (Fsp3) is 0.208. The van der Waals surface area contributed by atoms with Gasteiger partial charge < -0.3 is 19.5 Å². The Kier molecular flexibility index (Phi) is 5.93. The molecular formula is C24H18F3N3O4S. The Morgan fingerprint density at radius 2 is 1.86 bits per heavy atom. The number of ether oxygens (including phenoxy) is 3. The number of fused-ring (bicyclic) bond motifs is 2. The number of nitrogens with one attached hydrogen (secondary N) is 1. The SMILES string of the molecule is COC(=O)c1ccc(-c2nc(NCCc3ccc4c(c3)OCO4)c3cc(C(F)(F)F)sc3n2)cc1. The van der Waals surface area contributed by atoms with E-state index in [1.54, 1.807) is 24.3 Å². The van der Waals surface area contributed by atoms with Crippen molar-refractivity contribution in [2.45, 2.75) is 12.6 Å². The van der Waals surface area contributed by atoms with Crippen LogP contribution in [0.5, 0.6) is 11.5 Å². The summed E-state index contributed by atoms with van der Waals surface area (Å²) in [7, 11) is 1.28. The number of rotatable bonds is 6. The number of halogens is 3. The zero-order chi connectivity index (χ0) is 24.6. The van der Waals surface area contributed by atoms with E-state index in [-0.39, 0.29) is 17.4 Å². The summed E-state index contributed by atoms with van der Waals surface area (Å²) in [4.78, 5) is 20.0. The van der Waals surface area contributed by atoms with E-state index < -0.39 is 17.0 Å². The second-order valence-corrected chi connectivity index (χ2v) is 8.69. The third-order valence-corrected chi connectivity index (χ3v) is 6.45. The Morgan fingerprint density at radius 3 is 2.60 bits per heavy atom. The maximum absolute atomic E-state index is 13.4. The molecule has 180 valence electrons. The molecule has 7 nitrogen and oxygen atoms in total. The number of methoxy groups -OCH3 is 1. The van der Waals surface area contributed by atoms with Crippen molar-refractivity contribution in [3.05, 3.63) is 64.5 Å². The third-order valence-electron chi connectivity index (χ3n) is 5.38. The van der Waals surface area contributed by atoms with E-state index in [0.717, 1.165) is 11.6 Å². The molecular weight excluding hydrogens is 483 g/mol. The van der Waals surface area contributed by atoms with Gasteiger partial charge in [-0.3, -0.25) is 0 Å². The molecule has 2 aromatic heterocycles. The molecule has 11 heteroatoms. The molecule has 0 atom stereocenters. The number of carbonyl (C=O) groups excluding carboxylic acids is 1. The lowest BCUT2D eigenvalue weighted by atomic mass is 10.1. The number of thiophene rings is 1. The summed E-state index contributed by atoms with van der Waals surface area (Å²) in [6, 6.07) is 13.0. The molecule has 3 heterocycles. The van der Waals surface area contributed by atoms with E-state index in [2.05, 4.69) is 15.3 Å². The Bertz CT molecular complexity index is 1400. The van der Waals surface area contributed by atoms with Gasteiger partial charge in [-0.15, -0.1) is 11.3 Å². The lowest BCUT2D eigenvalue weighted by Crippen LogP contribution is -2.08. The molecule has 0 amide bonds. The summed E-state index contributed by atoms with van der Waals surface area (Å²) >= 11 is 0.562. The van der Waals surface area contributed by atoms with Crippen molar-refractivity contribution in [3.63, 3.8) is 0 Å². The van der Waals surface area contributed by atoms with E-state index >= 15 is 0 Å². The first kappa shape index (κ1) is 22.9. The summed E-state index contributed by atoms with van der Waals surface area (Å²) in [6.45, 7) is 0.600. The summed E-state index contributed by atoms with van der Waals surface area (Å²) in [5, 5.41) is 3.45. The number of hydrogen-bond acceptors (Lipinski definition) is 8. The van der Waals surface area contributed by atoms with Gasteiger partial charge in [0, 0.05) is 12.1 Å². The standard InChI is InChI=1S/C24H18F3N3O4S/c1-32-23(31)15-5-3-14(4-6-15)20-29-21(16-11-19(24(25,26)27)35-22(16)30-20)28-9-8-13-2-7-17-18(10-13)34-12-33-17/h2-7,10-11H,8-9,12H2,1H3,(H,28,29,30). The molecule has 35 heavy (non-hydrogen) atoms. The van der Waals surface area contributed by atoms with Crippen LogP contribution in [0.25, 0.3) is 21.6 Å². The monoisotopic (exact) mass is 501 g/mol. The van der Waals surface area contributed by atoms with Gasteiger partial charge >= 0.3 is 12.1 Å². The highest BCUT2D eigenvalue weighted by Crippen LogP contribution is 2.40. The van der Waals surface area contributed by atoms with Crippen LogP contribution in [-0.2, 0) is 17.3 Å². The van der Waals surface area contributed by atoms with Crippen molar-refractivity contribution in [1.82, 2.24) is 9.97 Å². The first-order valence-corrected chi connectivity index (χ1v) is 11.3. The first-order chi connectivity index (χ1) is 16.8. The molecule has 0 fully saturated rings. The molecule has 0 aliphatic carbocycles. The van der Waals surface area contributed by atoms with Crippen LogP contribution in [0.1, 0.15) is 20.8 Å². The highest BCUT2D eigenvalue weighted by molar-refractivity contribution is 7.18. The summed E-state index contributed by atoms with van der Waals surface area (Å²) in [5.41, 5.74) is 1.88. The van der Waals surface area contributed by atoms with Crippen LogP contribution in [0.3, 0.4) is 0 Å². The number of anilines is 1. The second kappa shape index (κ2) is 9.06. The summed E-state index contributed by atoms with van der Waals surface area (Å²) in [5.74, 6) is 1.40. The molecule has 1 N–H and O–H groups in total. The Labute approximate surface area is 201 Å². The molecule has 0 saturated heterocycles. The van der Waals surface area contributed by atoms with Gasteiger partial charge in [-0.2, -0.15) is 13.2 Å². The van der Waals surface area contributed by atoms with Crippen LogP contribution in [-0.4, -0.2) is 36.4 Å². The predicted octanol–water partition coefficient (Wildman–Crippen LogP) is 5.55. The number of alkyl halides is 3. The van der Waals surface area contributed by atoms with Crippen molar-refractivity contribution in [2.24, 2.45) is 0 Å². The van der Waals surface area contributed by atoms with Gasteiger partial charge in [0.25, 0.3) is 0 Å². The smallest absolute Gasteiger partial charge is 0.425 e. The van der Waals surface area contributed by atoms with E-state index in [4.69, 9.17) is 14.2 Å². The Hall–Kier alpha value is -3.86. The van der Waals surface area contributed by atoms with Gasteiger partial charge in [-0.1, -0.05) is 18.2 Å². The van der Waals surface area contributed by atoms with Crippen LogP contribution in [0.15, 0.2) is 48.5 Å². The van der Waals surface area contributed by atoms with E-state index in [9.17, 15) is 18.0 Å². The Morgan fingerprint density at radius 1 is 1.09 bits per heavy atom. The van der Waals surface area contributed by atoms with Gasteiger partial charge in [0.1, 0.15) is 15.5 Å². The molecule has 0 radical (unpaired) electrons. The quantitative estimate of drug-likeness (QED) is 0.347. The van der Waals surface area contributed by atoms with Crippen molar-refractivity contribution in [3.8, 4) is 22.9 Å². The second-order valence-electron chi connectivity index (χ2n) is 7.66. The maximum Gasteiger partial charge on any atom is 0.425 e. The van der Waals surface area contributed by atoms with Crippen LogP contribution < -0.4 is 14.8 Å². The molecule has 1 aliphatic rings. The minimum absolute atomic E-state index is 0.180. The minimum atomic E-state index is -4.49. The van der Waals surface area contributed by atoms with Gasteiger partial charge in [-0.25, -0.2) is 14.8 Å². The van der Waals surface area contributed by atoms with Crippen LogP contribution in [0.4, 0.5) is 19.0 Å². The van der Waals surface area contributed by atoms with Crippen LogP contribution in [0, 0.1) is 0 Å². The zero-order valence-electron chi connectivity index (χ0n) is 18.3. The highest BCUT2D eigenvalue weighted by atomic mass is 32.1. The fourth-order valence-corrected chi connectivity index (χ4v) is 4.52. The molecule has 2 aromatic carbocycles. The molecule has 4 aromatic rings. The van der Waals surface area contributed by atoms with Gasteiger partial charge in [0.2, 0.25) is 6.79 Å². The van der Waals surface area contributed by atoms with Gasteiger partial charge in [-0.05, 0) is 42.3 Å². The third kappa shape index (κ3) is 4.72. The fourth-order valence-electron chi connectivity index (χ4n) is 3.62. The van der Waals surface area contributed by atoms with Crippen LogP contribution >= 0.6 is 11.3 Å². The number of hydrogen-bond donors (Lipinski definition) is 1. The first-order valence-electron chi connectivity index (χ1n) is 10.5. The van der Waals surface area contributed by atoms with E-state index in [1.165, 1.54) is 7.11 Å². The molecule has 1 aliphatic heterocycles. The Balaban J connectivity index is 1.44.